The molecule has 0 radical (unpaired) electrons. The molecule has 0 amide bonds. The van der Waals surface area contributed by atoms with Gasteiger partial charge in [0.1, 0.15) is 11.9 Å². The summed E-state index contributed by atoms with van der Waals surface area (Å²) >= 11 is 0. The van der Waals surface area contributed by atoms with Gasteiger partial charge in [0.05, 0.1) is 11.9 Å². The summed E-state index contributed by atoms with van der Waals surface area (Å²) in [5, 5.41) is 9.50. The van der Waals surface area contributed by atoms with Crippen LogP contribution in [-0.4, -0.2) is 16.1 Å². The quantitative estimate of drug-likeness (QED) is 0.718. The van der Waals surface area contributed by atoms with Gasteiger partial charge in [-0.1, -0.05) is 0 Å². The molecule has 0 saturated heterocycles. The van der Waals surface area contributed by atoms with Gasteiger partial charge in [-0.15, -0.1) is 0 Å². The molecule has 1 heterocycles. The van der Waals surface area contributed by atoms with Gasteiger partial charge in [0.25, 0.3) is 0 Å². The van der Waals surface area contributed by atoms with Gasteiger partial charge in [-0.25, -0.2) is 4.39 Å². The molecule has 3 N–H and O–H groups in total. The van der Waals surface area contributed by atoms with Crippen molar-refractivity contribution in [2.45, 2.75) is 26.0 Å². The molecule has 3 nitrogen and oxygen atoms in total. The maximum absolute atomic E-state index is 12.8. The maximum atomic E-state index is 12.8. The lowest BCUT2D eigenvalue weighted by Crippen LogP contribution is -2.25. The highest BCUT2D eigenvalue weighted by Crippen LogP contribution is 2.15. The Morgan fingerprint density at radius 3 is 2.69 bits per heavy atom. The van der Waals surface area contributed by atoms with Crippen LogP contribution in [0.1, 0.15) is 24.3 Å². The predicted molar refractivity (Wildman–Crippen MR) is 47.5 cm³/mol. The van der Waals surface area contributed by atoms with Crippen molar-refractivity contribution >= 4 is 0 Å². The van der Waals surface area contributed by atoms with Gasteiger partial charge in [-0.05, 0) is 25.5 Å². The number of nitrogens with zero attached hydrogens (tertiary/aromatic N) is 1. The Morgan fingerprint density at radius 2 is 2.23 bits per heavy atom. The molecule has 2 atom stereocenters. The normalized spacial score (nSPS) is 15.5. The second-order valence-corrected chi connectivity index (χ2v) is 3.16. The lowest BCUT2D eigenvalue weighted by atomic mass is 10.1. The molecule has 13 heavy (non-hydrogen) atoms. The molecule has 4 heteroatoms. The van der Waals surface area contributed by atoms with Crippen LogP contribution in [0.2, 0.25) is 0 Å². The zero-order valence-corrected chi connectivity index (χ0v) is 7.66. The fraction of sp³-hybridized carbons (Fsp3) is 0.444. The van der Waals surface area contributed by atoms with Crippen molar-refractivity contribution in [3.8, 4) is 0 Å². The molecule has 2 unspecified atom stereocenters. The van der Waals surface area contributed by atoms with E-state index in [9.17, 15) is 9.50 Å². The number of hydrogen-bond acceptors (Lipinski definition) is 3. The lowest BCUT2D eigenvalue weighted by Gasteiger charge is -2.13. The van der Waals surface area contributed by atoms with Crippen LogP contribution in [0, 0.1) is 12.7 Å². The number of aliphatic hydroxyl groups excluding tert-OH is 1. The van der Waals surface area contributed by atoms with Gasteiger partial charge in [-0.2, -0.15) is 0 Å². The molecular weight excluding hydrogens is 171 g/mol. The highest BCUT2D eigenvalue weighted by atomic mass is 19.1. The van der Waals surface area contributed by atoms with Crippen molar-refractivity contribution in [1.82, 2.24) is 4.98 Å². The van der Waals surface area contributed by atoms with Crippen LogP contribution in [0.5, 0.6) is 0 Å². The Bertz CT molecular complexity index is 302. The highest BCUT2D eigenvalue weighted by Gasteiger charge is 2.14. The summed E-state index contributed by atoms with van der Waals surface area (Å²) in [5.74, 6) is -0.374. The number of halogens is 1. The number of rotatable bonds is 2. The molecule has 1 aromatic rings. The van der Waals surface area contributed by atoms with Gasteiger partial charge >= 0.3 is 0 Å². The predicted octanol–water partition coefficient (Wildman–Crippen LogP) is 0.910. The van der Waals surface area contributed by atoms with E-state index in [0.29, 0.717) is 11.3 Å². The molecule has 0 aliphatic rings. The SMILES string of the molecule is Cc1cc(C(O)C(C)N)ncc1F. The van der Waals surface area contributed by atoms with Crippen LogP contribution in [0.15, 0.2) is 12.3 Å². The minimum absolute atomic E-state index is 0.374. The van der Waals surface area contributed by atoms with Crippen LogP contribution in [0.25, 0.3) is 0 Å². The number of aryl methyl sites for hydroxylation is 1. The van der Waals surface area contributed by atoms with Crippen molar-refractivity contribution in [3.05, 3.63) is 29.3 Å². The van der Waals surface area contributed by atoms with Crippen molar-refractivity contribution in [2.75, 3.05) is 0 Å². The summed E-state index contributed by atoms with van der Waals surface area (Å²) < 4.78 is 12.8. The first-order valence-corrected chi connectivity index (χ1v) is 4.08. The van der Waals surface area contributed by atoms with Crippen LogP contribution < -0.4 is 5.73 Å². The minimum Gasteiger partial charge on any atom is -0.385 e. The average Bonchev–Trinajstić information content (AvgIpc) is 2.08. The average molecular weight is 184 g/mol. The first kappa shape index (κ1) is 10.1. The van der Waals surface area contributed by atoms with E-state index in [4.69, 9.17) is 5.73 Å². The summed E-state index contributed by atoms with van der Waals surface area (Å²) in [6, 6.07) is 1.10. The first-order valence-electron chi connectivity index (χ1n) is 4.08. The molecule has 0 fully saturated rings. The molecule has 0 bridgehead atoms. The number of nitrogens with two attached hydrogens (primary N) is 1. The molecule has 0 aliphatic carbocycles. The van der Waals surface area contributed by atoms with E-state index in [1.807, 2.05) is 0 Å². The minimum atomic E-state index is -0.834. The summed E-state index contributed by atoms with van der Waals surface area (Å²) in [7, 11) is 0. The molecule has 1 aromatic heterocycles. The van der Waals surface area contributed by atoms with E-state index < -0.39 is 12.1 Å². The maximum Gasteiger partial charge on any atom is 0.144 e. The van der Waals surface area contributed by atoms with E-state index in [2.05, 4.69) is 4.98 Å². The monoisotopic (exact) mass is 184 g/mol. The van der Waals surface area contributed by atoms with Gasteiger partial charge in [0, 0.05) is 6.04 Å². The van der Waals surface area contributed by atoms with E-state index in [1.165, 1.54) is 6.07 Å². The molecule has 0 spiro atoms. The molecule has 72 valence electrons. The summed E-state index contributed by atoms with van der Waals surface area (Å²) in [6.07, 6.45) is 0.260. The molecule has 0 aliphatic heterocycles. The first-order chi connectivity index (χ1) is 6.02. The van der Waals surface area contributed by atoms with Gasteiger partial charge in [0.15, 0.2) is 0 Å². The number of pyridine rings is 1. The van der Waals surface area contributed by atoms with E-state index in [-0.39, 0.29) is 5.82 Å². The Balaban J connectivity index is 2.97. The Labute approximate surface area is 76.4 Å². The lowest BCUT2D eigenvalue weighted by molar-refractivity contribution is 0.148. The topological polar surface area (TPSA) is 59.1 Å². The number of hydrogen-bond donors (Lipinski definition) is 2. The van der Waals surface area contributed by atoms with Crippen LogP contribution in [0.3, 0.4) is 0 Å². The van der Waals surface area contributed by atoms with Crippen LogP contribution >= 0.6 is 0 Å². The summed E-state index contributed by atoms with van der Waals surface area (Å²) in [6.45, 7) is 3.29. The van der Waals surface area contributed by atoms with Crippen molar-refractivity contribution < 1.29 is 9.50 Å². The Hall–Kier alpha value is -1.00. The van der Waals surface area contributed by atoms with Crippen molar-refractivity contribution in [1.29, 1.82) is 0 Å². The van der Waals surface area contributed by atoms with Crippen molar-refractivity contribution in [3.63, 3.8) is 0 Å². The van der Waals surface area contributed by atoms with Gasteiger partial charge < -0.3 is 10.8 Å². The second kappa shape index (κ2) is 3.81. The number of aromatic nitrogens is 1. The second-order valence-electron chi connectivity index (χ2n) is 3.16. The van der Waals surface area contributed by atoms with Crippen LogP contribution in [0.4, 0.5) is 4.39 Å². The van der Waals surface area contributed by atoms with Gasteiger partial charge in [-0.3, -0.25) is 4.98 Å². The standard InChI is InChI=1S/C9H13FN2O/c1-5-3-8(9(13)6(2)11)12-4-7(5)10/h3-4,6,9,13H,11H2,1-2H3. The van der Waals surface area contributed by atoms with Gasteiger partial charge in [0.2, 0.25) is 0 Å². The third-order valence-electron chi connectivity index (χ3n) is 1.87. The van der Waals surface area contributed by atoms with Crippen molar-refractivity contribution in [2.24, 2.45) is 5.73 Å². The molecular formula is C9H13FN2O. The van der Waals surface area contributed by atoms with E-state index in [0.717, 1.165) is 6.20 Å². The number of aliphatic hydroxyl groups is 1. The Kier molecular flexibility index (Phi) is 2.95. The summed E-state index contributed by atoms with van der Waals surface area (Å²) in [5.41, 5.74) is 6.35. The molecule has 1 rings (SSSR count). The zero-order chi connectivity index (χ0) is 10.0. The molecule has 0 saturated carbocycles. The zero-order valence-electron chi connectivity index (χ0n) is 7.66. The van der Waals surface area contributed by atoms with E-state index in [1.54, 1.807) is 13.8 Å². The highest BCUT2D eigenvalue weighted by molar-refractivity contribution is 5.18. The van der Waals surface area contributed by atoms with E-state index >= 15 is 0 Å². The third kappa shape index (κ3) is 2.23. The fourth-order valence-corrected chi connectivity index (χ4v) is 0.992. The Morgan fingerprint density at radius 1 is 1.62 bits per heavy atom. The fourth-order valence-electron chi connectivity index (χ4n) is 0.992. The smallest absolute Gasteiger partial charge is 0.144 e. The third-order valence-corrected chi connectivity index (χ3v) is 1.87. The van der Waals surface area contributed by atoms with Crippen LogP contribution in [-0.2, 0) is 0 Å². The largest absolute Gasteiger partial charge is 0.385 e. The summed E-state index contributed by atoms with van der Waals surface area (Å²) in [4.78, 5) is 3.76. The molecule has 0 aromatic carbocycles.